The van der Waals surface area contributed by atoms with Gasteiger partial charge in [-0.05, 0) is 68.1 Å². The van der Waals surface area contributed by atoms with Crippen molar-refractivity contribution in [2.24, 2.45) is 29.0 Å². The number of hydrogen-bond acceptors (Lipinski definition) is 13. The van der Waals surface area contributed by atoms with Gasteiger partial charge in [-0.2, -0.15) is 10.2 Å². The Morgan fingerprint density at radius 3 is 2.27 bits per heavy atom. The van der Waals surface area contributed by atoms with Crippen LogP contribution in [-0.2, 0) is 32.1 Å². The standard InChI is InChI=1S/C47H64N8O8/c1-5-6-7-8-9-21-55-29-37(31(3)52-47(55)61)40(57)28-34(16-18-49)46(60)54(4)44-33-13-15-43(63-23-20-51)36(27-33)35-25-32(12-14-42(35)62-22-19-50)26-38(39(56)11-10-17-48)53-45(59)30(2)24-41(44)58/h12-15,25,27,29-30,34,38,44H,5-11,16,18-24,26,28,49-51H2,1-4H3,(H,53,59)/t30-,34-,38+,44+/m1/s1. The topological polar surface area (TPSA) is 256 Å². The number of carbonyl (C=O) groups is 5. The fraction of sp³-hybridized carbons (Fsp3) is 0.532. The van der Waals surface area contributed by atoms with Gasteiger partial charge in [0.15, 0.2) is 17.3 Å². The number of nitrogens with zero attached hydrogens (tertiary/aromatic N) is 4. The zero-order valence-electron chi connectivity index (χ0n) is 37.2. The molecule has 2 amide bonds. The monoisotopic (exact) mass is 868 g/mol. The predicted octanol–water partition coefficient (Wildman–Crippen LogP) is 4.11. The molecule has 1 aliphatic heterocycles. The average Bonchev–Trinajstić information content (AvgIpc) is 3.26. The molecule has 16 nitrogen and oxygen atoms in total. The number of unbranched alkanes of at least 4 members (excludes halogenated alkanes) is 4. The second-order valence-electron chi connectivity index (χ2n) is 16.2. The van der Waals surface area contributed by atoms with Gasteiger partial charge in [-0.1, -0.05) is 51.7 Å². The number of Topliss-reactive ketones (excluding diaryl/α,β-unsaturated/α-hetero) is 3. The SMILES string of the molecule is CCCCCCCn1cc(C(=O)C[C@@H](CCN)C(=O)N(C)[C@@H]2C(=O)C[C@@H](C)C(=O)N[C@H](C(=O)CCC#N)Cc3ccc(OCCN)c(c3)-c3cc2ccc3OCCN)c(C)nc1=O. The van der Waals surface area contributed by atoms with Crippen molar-refractivity contribution in [3.63, 3.8) is 0 Å². The van der Waals surface area contributed by atoms with E-state index in [0.717, 1.165) is 32.1 Å². The lowest BCUT2D eigenvalue weighted by Gasteiger charge is -2.32. The molecular weight excluding hydrogens is 805 g/mol. The van der Waals surface area contributed by atoms with Gasteiger partial charge >= 0.3 is 5.69 Å². The maximum Gasteiger partial charge on any atom is 0.347 e. The van der Waals surface area contributed by atoms with Crippen molar-refractivity contribution in [2.45, 2.75) is 110 Å². The van der Waals surface area contributed by atoms with E-state index in [-0.39, 0.29) is 88.4 Å². The quantitative estimate of drug-likeness (QED) is 0.0820. The first-order valence-electron chi connectivity index (χ1n) is 22.0. The minimum Gasteiger partial charge on any atom is -0.492 e. The summed E-state index contributed by atoms with van der Waals surface area (Å²) >= 11 is 0. The van der Waals surface area contributed by atoms with Gasteiger partial charge in [-0.3, -0.25) is 28.5 Å². The predicted molar refractivity (Wildman–Crippen MR) is 239 cm³/mol. The Hall–Kier alpha value is -5.76. The number of amides is 2. The fourth-order valence-electron chi connectivity index (χ4n) is 7.87. The molecule has 7 N–H and O–H groups in total. The Balaban J connectivity index is 1.82. The first-order chi connectivity index (χ1) is 30.3. The van der Waals surface area contributed by atoms with Crippen molar-refractivity contribution >= 4 is 29.2 Å². The van der Waals surface area contributed by atoms with Crippen molar-refractivity contribution in [1.29, 1.82) is 5.26 Å². The van der Waals surface area contributed by atoms with Crippen LogP contribution in [0.3, 0.4) is 0 Å². The normalized spacial score (nSPS) is 16.9. The summed E-state index contributed by atoms with van der Waals surface area (Å²) in [6.07, 6.45) is 5.95. The first-order valence-corrected chi connectivity index (χ1v) is 22.0. The van der Waals surface area contributed by atoms with Crippen LogP contribution in [-0.4, -0.2) is 89.6 Å². The summed E-state index contributed by atoms with van der Waals surface area (Å²) in [5.74, 6) is -3.33. The Bertz CT molecular complexity index is 2180. The molecule has 0 aliphatic carbocycles. The van der Waals surface area contributed by atoms with Crippen LogP contribution in [0, 0.1) is 30.1 Å². The number of hydrogen-bond donors (Lipinski definition) is 4. The maximum atomic E-state index is 14.7. The van der Waals surface area contributed by atoms with E-state index in [4.69, 9.17) is 26.7 Å². The van der Waals surface area contributed by atoms with Crippen LogP contribution in [0.4, 0.5) is 0 Å². The third kappa shape index (κ3) is 13.6. The van der Waals surface area contributed by atoms with Gasteiger partial charge in [0.2, 0.25) is 11.8 Å². The fourth-order valence-corrected chi connectivity index (χ4v) is 7.87. The second kappa shape index (κ2) is 24.8. The number of aryl methyl sites for hydroxylation is 2. The van der Waals surface area contributed by atoms with Crippen LogP contribution in [0.15, 0.2) is 47.4 Å². The zero-order chi connectivity index (χ0) is 46.1. The highest BCUT2D eigenvalue weighted by molar-refractivity contribution is 6.00. The highest BCUT2D eigenvalue weighted by Gasteiger charge is 2.36. The van der Waals surface area contributed by atoms with Crippen molar-refractivity contribution in [1.82, 2.24) is 19.8 Å². The van der Waals surface area contributed by atoms with Crippen LogP contribution in [0.1, 0.15) is 111 Å². The third-order valence-electron chi connectivity index (χ3n) is 11.3. The molecule has 0 unspecified atom stereocenters. The summed E-state index contributed by atoms with van der Waals surface area (Å²) in [7, 11) is 1.48. The number of aromatic nitrogens is 2. The van der Waals surface area contributed by atoms with Crippen LogP contribution < -0.4 is 37.7 Å². The number of nitrogens with one attached hydrogen (secondary N) is 1. The van der Waals surface area contributed by atoms with E-state index < -0.39 is 53.0 Å². The van der Waals surface area contributed by atoms with E-state index in [1.807, 2.05) is 12.1 Å². The van der Waals surface area contributed by atoms with Crippen LogP contribution in [0.25, 0.3) is 11.1 Å². The maximum absolute atomic E-state index is 14.7. The van der Waals surface area contributed by atoms with Crippen LogP contribution in [0.5, 0.6) is 11.5 Å². The largest absolute Gasteiger partial charge is 0.492 e. The Labute approximate surface area is 369 Å². The van der Waals surface area contributed by atoms with E-state index in [1.54, 1.807) is 44.2 Å². The number of likely N-dealkylation sites (N-methyl/N-ethyl adjacent to an activating group) is 1. The average molecular weight is 869 g/mol. The molecule has 16 heteroatoms. The van der Waals surface area contributed by atoms with Crippen LogP contribution in [0.2, 0.25) is 0 Å². The molecule has 4 bridgehead atoms. The Morgan fingerprint density at radius 1 is 0.952 bits per heavy atom. The summed E-state index contributed by atoms with van der Waals surface area (Å²) in [6, 6.07) is 10.1. The summed E-state index contributed by atoms with van der Waals surface area (Å²) in [5, 5.41) is 12.1. The number of ether oxygens (including phenoxy) is 2. The van der Waals surface area contributed by atoms with E-state index >= 15 is 0 Å². The molecule has 1 aliphatic rings. The molecule has 0 radical (unpaired) electrons. The van der Waals surface area contributed by atoms with E-state index in [2.05, 4.69) is 17.2 Å². The summed E-state index contributed by atoms with van der Waals surface area (Å²) in [6.45, 7) is 6.50. The summed E-state index contributed by atoms with van der Waals surface area (Å²) in [4.78, 5) is 88.8. The summed E-state index contributed by atoms with van der Waals surface area (Å²) < 4.78 is 13.7. The Kier molecular flexibility index (Phi) is 19.6. The lowest BCUT2D eigenvalue weighted by atomic mass is 9.88. The number of benzene rings is 2. The van der Waals surface area contributed by atoms with Gasteiger partial charge in [-0.15, -0.1) is 0 Å². The van der Waals surface area contributed by atoms with Crippen molar-refractivity contribution in [3.8, 4) is 28.7 Å². The molecule has 0 fully saturated rings. The molecule has 63 heavy (non-hydrogen) atoms. The molecule has 4 rings (SSSR count). The van der Waals surface area contributed by atoms with Gasteiger partial charge < -0.3 is 36.9 Å². The molecule has 0 saturated carbocycles. The molecule has 4 atom stereocenters. The molecular formula is C47H64N8O8. The van der Waals surface area contributed by atoms with Gasteiger partial charge in [0.25, 0.3) is 0 Å². The zero-order valence-corrected chi connectivity index (χ0v) is 37.2. The lowest BCUT2D eigenvalue weighted by Crippen LogP contribution is -2.46. The van der Waals surface area contributed by atoms with Gasteiger partial charge in [0.05, 0.1) is 23.4 Å². The summed E-state index contributed by atoms with van der Waals surface area (Å²) in [5.41, 5.74) is 19.9. The molecule has 2 heterocycles. The molecule has 0 spiro atoms. The third-order valence-corrected chi connectivity index (χ3v) is 11.3. The van der Waals surface area contributed by atoms with Crippen molar-refractivity contribution in [3.05, 3.63) is 75.5 Å². The number of carbonyl (C=O) groups excluding carboxylic acids is 5. The van der Waals surface area contributed by atoms with Gasteiger partial charge in [-0.25, -0.2) is 4.79 Å². The number of rotatable bonds is 22. The number of nitrogens with two attached hydrogens (primary N) is 3. The molecule has 1 aromatic heterocycles. The Morgan fingerprint density at radius 2 is 1.62 bits per heavy atom. The van der Waals surface area contributed by atoms with Gasteiger partial charge in [0.1, 0.15) is 30.8 Å². The van der Waals surface area contributed by atoms with Gasteiger partial charge in [0, 0.05) is 81.5 Å². The number of nitriles is 1. The van der Waals surface area contributed by atoms with Crippen LogP contribution >= 0.6 is 0 Å². The van der Waals surface area contributed by atoms with Crippen molar-refractivity contribution in [2.75, 3.05) is 39.9 Å². The second-order valence-corrected chi connectivity index (χ2v) is 16.2. The smallest absolute Gasteiger partial charge is 0.347 e. The lowest BCUT2D eigenvalue weighted by molar-refractivity contribution is -0.142. The van der Waals surface area contributed by atoms with E-state index in [0.29, 0.717) is 40.3 Å². The molecule has 3 aromatic rings. The minimum atomic E-state index is -1.25. The highest BCUT2D eigenvalue weighted by atomic mass is 16.5. The van der Waals surface area contributed by atoms with E-state index in [1.165, 1.54) is 22.7 Å². The first kappa shape index (κ1) is 49.9. The van der Waals surface area contributed by atoms with Crippen molar-refractivity contribution < 1.29 is 33.4 Å². The van der Waals surface area contributed by atoms with E-state index in [9.17, 15) is 34.0 Å². The molecule has 0 saturated heterocycles. The number of ketones is 3. The highest BCUT2D eigenvalue weighted by Crippen LogP contribution is 2.41. The number of fused-ring (bicyclic) bond motifs is 5. The molecule has 2 aromatic carbocycles. The molecule has 340 valence electrons. The minimum absolute atomic E-state index is 0.0358.